The van der Waals surface area contributed by atoms with Gasteiger partial charge in [-0.15, -0.1) is 13.2 Å². The van der Waals surface area contributed by atoms with Crippen molar-refractivity contribution in [2.45, 2.75) is 76.5 Å². The van der Waals surface area contributed by atoms with E-state index in [0.717, 1.165) is 16.7 Å². The minimum absolute atomic E-state index is 0.0484. The molecule has 0 heterocycles. The largest absolute Gasteiger partial charge is 0.463 e. The second-order valence-electron chi connectivity index (χ2n) is 13.1. The fraction of sp³-hybridized carbons (Fsp3) is 0.395. The molecule has 0 spiro atoms. The number of carbonyl (C=O) groups is 4. The fourth-order valence-corrected chi connectivity index (χ4v) is 5.87. The molecule has 0 aliphatic heterocycles. The zero-order valence-electron chi connectivity index (χ0n) is 30.6. The number of carbonyl (C=O) groups excluding carboxylic acids is 4. The van der Waals surface area contributed by atoms with Gasteiger partial charge < -0.3 is 30.5 Å². The maximum absolute atomic E-state index is 13.6. The molecule has 53 heavy (non-hydrogen) atoms. The van der Waals surface area contributed by atoms with Crippen molar-refractivity contribution in [2.75, 3.05) is 19.8 Å². The molecule has 0 aliphatic carbocycles. The molecule has 0 fully saturated rings. The van der Waals surface area contributed by atoms with Crippen LogP contribution in [0, 0.1) is 11.8 Å². The summed E-state index contributed by atoms with van der Waals surface area (Å²) in [6, 6.07) is 27.6. The molecule has 3 rings (SSSR count). The standard InChI is InChI=1S/C43H55N3O7/c1-3-5-24-37(27-33-18-9-6-10-19-33)42(50)52-32-38(25-15-16-26-44-43(51)53-31-35-22-13-8-14-23-35)46-41(49)36(17-4-2)29-40(48)45-39(30-47)28-34-20-11-7-12-21-34/h3-4,6-14,18-23,36-39,47H,1-2,5,15-17,24-32H2,(H,44,51)(H,45,48)(H,46,49)/t36-,37-,38+,39-/m1/s1. The molecule has 0 aliphatic rings. The van der Waals surface area contributed by atoms with Crippen LogP contribution < -0.4 is 16.0 Å². The summed E-state index contributed by atoms with van der Waals surface area (Å²) in [5, 5.41) is 18.5. The third kappa shape index (κ3) is 17.2. The van der Waals surface area contributed by atoms with Gasteiger partial charge in [0.25, 0.3) is 0 Å². The first-order valence-corrected chi connectivity index (χ1v) is 18.4. The lowest BCUT2D eigenvalue weighted by atomic mass is 9.95. The van der Waals surface area contributed by atoms with E-state index < -0.39 is 24.1 Å². The summed E-state index contributed by atoms with van der Waals surface area (Å²) < 4.78 is 11.1. The topological polar surface area (TPSA) is 143 Å². The fourth-order valence-electron chi connectivity index (χ4n) is 5.87. The Hall–Kier alpha value is -5.22. The van der Waals surface area contributed by atoms with Gasteiger partial charge in [0.2, 0.25) is 11.8 Å². The highest BCUT2D eigenvalue weighted by Gasteiger charge is 2.26. The van der Waals surface area contributed by atoms with Crippen molar-refractivity contribution >= 4 is 23.9 Å². The van der Waals surface area contributed by atoms with Gasteiger partial charge in [-0.05, 0) is 68.1 Å². The van der Waals surface area contributed by atoms with Crippen molar-refractivity contribution in [3.05, 3.63) is 133 Å². The number of aliphatic hydroxyl groups excluding tert-OH is 1. The zero-order valence-corrected chi connectivity index (χ0v) is 30.6. The Balaban J connectivity index is 1.60. The molecule has 0 saturated carbocycles. The monoisotopic (exact) mass is 725 g/mol. The van der Waals surface area contributed by atoms with E-state index in [9.17, 15) is 24.3 Å². The molecular weight excluding hydrogens is 670 g/mol. The first kappa shape index (κ1) is 42.2. The van der Waals surface area contributed by atoms with Crippen molar-refractivity contribution in [1.82, 2.24) is 16.0 Å². The first-order chi connectivity index (χ1) is 25.8. The van der Waals surface area contributed by atoms with E-state index in [2.05, 4.69) is 29.1 Å². The number of nitrogens with one attached hydrogen (secondary N) is 3. The lowest BCUT2D eigenvalue weighted by Crippen LogP contribution is -2.45. The molecule has 3 aromatic carbocycles. The van der Waals surface area contributed by atoms with Crippen LogP contribution >= 0.6 is 0 Å². The maximum atomic E-state index is 13.6. The minimum Gasteiger partial charge on any atom is -0.463 e. The number of rotatable bonds is 25. The average Bonchev–Trinajstić information content (AvgIpc) is 3.18. The Morgan fingerprint density at radius 1 is 0.698 bits per heavy atom. The average molecular weight is 726 g/mol. The molecule has 4 N–H and O–H groups in total. The molecule has 10 heteroatoms. The Morgan fingerprint density at radius 3 is 1.92 bits per heavy atom. The molecule has 0 radical (unpaired) electrons. The SMILES string of the molecule is C=CCC[C@H](Cc1ccccc1)C(=O)OC[C@H](CCCCNC(=O)OCc1ccccc1)NC(=O)[C@H](CC=C)CC(=O)N[C@@H](CO)Cc1ccccc1. The lowest BCUT2D eigenvalue weighted by Gasteiger charge is -2.24. The van der Waals surface area contributed by atoms with E-state index in [0.29, 0.717) is 51.5 Å². The van der Waals surface area contributed by atoms with E-state index >= 15 is 0 Å². The number of allylic oxidation sites excluding steroid dienone is 2. The second kappa shape index (κ2) is 24.9. The highest BCUT2D eigenvalue weighted by atomic mass is 16.5. The molecule has 284 valence electrons. The highest BCUT2D eigenvalue weighted by molar-refractivity contribution is 5.86. The van der Waals surface area contributed by atoms with E-state index in [-0.39, 0.29) is 56.4 Å². The number of ether oxygens (including phenoxy) is 2. The maximum Gasteiger partial charge on any atom is 0.407 e. The Labute approximate surface area is 314 Å². The molecule has 3 aromatic rings. The van der Waals surface area contributed by atoms with Crippen LogP contribution in [0.25, 0.3) is 0 Å². The van der Waals surface area contributed by atoms with Crippen molar-refractivity contribution < 1.29 is 33.8 Å². The van der Waals surface area contributed by atoms with Crippen LogP contribution in [0.1, 0.15) is 61.6 Å². The number of benzene rings is 3. The first-order valence-electron chi connectivity index (χ1n) is 18.4. The van der Waals surface area contributed by atoms with Gasteiger partial charge in [-0.25, -0.2) is 4.79 Å². The molecule has 0 bridgehead atoms. The van der Waals surface area contributed by atoms with Gasteiger partial charge in [-0.1, -0.05) is 103 Å². The van der Waals surface area contributed by atoms with Crippen LogP contribution in [0.2, 0.25) is 0 Å². The third-order valence-electron chi connectivity index (χ3n) is 8.78. The normalized spacial score (nSPS) is 13.0. The Morgan fingerprint density at radius 2 is 1.32 bits per heavy atom. The van der Waals surface area contributed by atoms with Crippen molar-refractivity contribution in [3.63, 3.8) is 0 Å². The number of amides is 3. The highest BCUT2D eigenvalue weighted by Crippen LogP contribution is 2.18. The number of aliphatic hydroxyl groups is 1. The molecule has 0 aromatic heterocycles. The molecule has 3 amide bonds. The predicted octanol–water partition coefficient (Wildman–Crippen LogP) is 6.24. The summed E-state index contributed by atoms with van der Waals surface area (Å²) in [5.74, 6) is -2.18. The zero-order chi connectivity index (χ0) is 38.1. The summed E-state index contributed by atoms with van der Waals surface area (Å²) in [7, 11) is 0. The summed E-state index contributed by atoms with van der Waals surface area (Å²) in [6.45, 7) is 7.82. The van der Waals surface area contributed by atoms with Gasteiger partial charge in [-0.2, -0.15) is 0 Å². The summed E-state index contributed by atoms with van der Waals surface area (Å²) in [6.07, 6.45) is 6.87. The van der Waals surface area contributed by atoms with Crippen LogP contribution in [0.3, 0.4) is 0 Å². The van der Waals surface area contributed by atoms with Crippen LogP contribution in [-0.4, -0.2) is 60.8 Å². The van der Waals surface area contributed by atoms with Crippen molar-refractivity contribution in [1.29, 1.82) is 0 Å². The minimum atomic E-state index is -0.721. The van der Waals surface area contributed by atoms with Crippen molar-refractivity contribution in [2.24, 2.45) is 11.8 Å². The molecule has 0 saturated heterocycles. The second-order valence-corrected chi connectivity index (χ2v) is 13.1. The van der Waals surface area contributed by atoms with Gasteiger partial charge in [0.1, 0.15) is 13.2 Å². The van der Waals surface area contributed by atoms with Gasteiger partial charge in [0.15, 0.2) is 0 Å². The van der Waals surface area contributed by atoms with E-state index in [1.165, 1.54) is 0 Å². The van der Waals surface area contributed by atoms with Gasteiger partial charge in [-0.3, -0.25) is 14.4 Å². The quantitative estimate of drug-likeness (QED) is 0.0460. The smallest absolute Gasteiger partial charge is 0.407 e. The number of hydrogen-bond donors (Lipinski definition) is 4. The third-order valence-corrected chi connectivity index (χ3v) is 8.78. The van der Waals surface area contributed by atoms with Crippen molar-refractivity contribution in [3.8, 4) is 0 Å². The van der Waals surface area contributed by atoms with Gasteiger partial charge >= 0.3 is 12.1 Å². The molecular formula is C43H55N3O7. The van der Waals surface area contributed by atoms with Crippen LogP contribution in [0.5, 0.6) is 0 Å². The summed E-state index contributed by atoms with van der Waals surface area (Å²) in [5.41, 5.74) is 2.88. The number of hydrogen-bond acceptors (Lipinski definition) is 7. The number of esters is 1. The number of alkyl carbamates (subject to hydrolysis) is 1. The number of unbranched alkanes of at least 4 members (excludes halogenated alkanes) is 1. The molecule has 0 unspecified atom stereocenters. The summed E-state index contributed by atoms with van der Waals surface area (Å²) >= 11 is 0. The van der Waals surface area contributed by atoms with Crippen LogP contribution in [0.4, 0.5) is 4.79 Å². The van der Waals surface area contributed by atoms with Gasteiger partial charge in [0, 0.05) is 13.0 Å². The predicted molar refractivity (Wildman–Crippen MR) is 207 cm³/mol. The molecule has 4 atom stereocenters. The molecule has 10 nitrogen and oxygen atoms in total. The Kier molecular flexibility index (Phi) is 19.8. The lowest BCUT2D eigenvalue weighted by molar-refractivity contribution is -0.150. The van der Waals surface area contributed by atoms with Crippen LogP contribution in [0.15, 0.2) is 116 Å². The van der Waals surface area contributed by atoms with Crippen LogP contribution in [-0.2, 0) is 43.3 Å². The van der Waals surface area contributed by atoms with Gasteiger partial charge in [0.05, 0.1) is 30.5 Å². The van der Waals surface area contributed by atoms with E-state index in [4.69, 9.17) is 9.47 Å². The van der Waals surface area contributed by atoms with E-state index in [1.54, 1.807) is 12.2 Å². The summed E-state index contributed by atoms with van der Waals surface area (Å²) in [4.78, 5) is 52.3. The Bertz CT molecular complexity index is 1540. The van der Waals surface area contributed by atoms with E-state index in [1.807, 2.05) is 91.0 Å².